The van der Waals surface area contributed by atoms with Gasteiger partial charge >= 0.3 is 0 Å². The molecule has 4 heterocycles. The fourth-order valence-electron chi connectivity index (χ4n) is 6.74. The zero-order valence-corrected chi connectivity index (χ0v) is 24.8. The molecule has 0 bridgehead atoms. The topological polar surface area (TPSA) is 96.2 Å². The first-order chi connectivity index (χ1) is 18.5. The molecule has 4 aromatic heterocycles. The second kappa shape index (κ2) is 9.41. The highest BCUT2D eigenvalue weighted by Crippen LogP contribution is 2.45. The molecular formula is C30H40N6O2S. The highest BCUT2D eigenvalue weighted by molar-refractivity contribution is 7.92. The van der Waals surface area contributed by atoms with E-state index in [1.165, 1.54) is 23.1 Å². The zero-order chi connectivity index (χ0) is 27.7. The third kappa shape index (κ3) is 4.47. The van der Waals surface area contributed by atoms with Crippen molar-refractivity contribution >= 4 is 26.5 Å². The van der Waals surface area contributed by atoms with Crippen LogP contribution in [0.5, 0.6) is 0 Å². The van der Waals surface area contributed by atoms with Crippen molar-refractivity contribution in [1.82, 2.24) is 29.5 Å². The number of pyridine rings is 2. The van der Waals surface area contributed by atoms with Gasteiger partial charge in [0.05, 0.1) is 21.5 Å². The highest BCUT2D eigenvalue weighted by Gasteiger charge is 2.53. The van der Waals surface area contributed by atoms with E-state index in [-0.39, 0.29) is 0 Å². The summed E-state index contributed by atoms with van der Waals surface area (Å²) in [6.07, 6.45) is 11.0. The number of hydrogen-bond donors (Lipinski definition) is 1. The van der Waals surface area contributed by atoms with Crippen LogP contribution in [-0.4, -0.2) is 68.5 Å². The van der Waals surface area contributed by atoms with Gasteiger partial charge in [-0.2, -0.15) is 5.10 Å². The number of hydrogen-bond acceptors (Lipinski definition) is 6. The summed E-state index contributed by atoms with van der Waals surface area (Å²) in [6.45, 7) is 9.40. The number of sulfone groups is 1. The Kier molecular flexibility index (Phi) is 6.38. The van der Waals surface area contributed by atoms with Gasteiger partial charge in [0.2, 0.25) is 0 Å². The molecule has 2 fully saturated rings. The maximum Gasteiger partial charge on any atom is 0.158 e. The SMILES string of the molecule is Cc1c(-c2[nH]c3ccc(C4CCC(N(C)CC5(S(C)(=O)=O)CC5)CC4)nc3c2C(C)C)cn2ncnc2c1C. The molecule has 39 heavy (non-hydrogen) atoms. The number of aryl methyl sites for hydroxylation is 1. The molecule has 0 unspecified atom stereocenters. The summed E-state index contributed by atoms with van der Waals surface area (Å²) in [5.74, 6) is 0.731. The largest absolute Gasteiger partial charge is 0.353 e. The predicted molar refractivity (Wildman–Crippen MR) is 156 cm³/mol. The summed E-state index contributed by atoms with van der Waals surface area (Å²) in [6, 6.07) is 4.83. The first-order valence-corrected chi connectivity index (χ1v) is 16.1. The van der Waals surface area contributed by atoms with Crippen molar-refractivity contribution < 1.29 is 8.42 Å². The van der Waals surface area contributed by atoms with Gasteiger partial charge in [-0.3, -0.25) is 4.98 Å². The van der Waals surface area contributed by atoms with Gasteiger partial charge in [0.15, 0.2) is 15.5 Å². The molecule has 2 aliphatic rings. The van der Waals surface area contributed by atoms with Gasteiger partial charge in [0.25, 0.3) is 0 Å². The summed E-state index contributed by atoms with van der Waals surface area (Å²) in [7, 11) is -0.896. The lowest BCUT2D eigenvalue weighted by Crippen LogP contribution is -2.43. The molecule has 4 aromatic rings. The van der Waals surface area contributed by atoms with Gasteiger partial charge in [0, 0.05) is 47.8 Å². The van der Waals surface area contributed by atoms with Gasteiger partial charge < -0.3 is 9.88 Å². The monoisotopic (exact) mass is 548 g/mol. The van der Waals surface area contributed by atoms with Crippen molar-refractivity contribution in [1.29, 1.82) is 0 Å². The summed E-state index contributed by atoms with van der Waals surface area (Å²) < 4.78 is 25.9. The van der Waals surface area contributed by atoms with E-state index >= 15 is 0 Å². The Bertz CT molecular complexity index is 1660. The summed E-state index contributed by atoms with van der Waals surface area (Å²) in [4.78, 5) is 15.7. The van der Waals surface area contributed by atoms with Gasteiger partial charge in [-0.15, -0.1) is 0 Å². The molecule has 0 spiro atoms. The van der Waals surface area contributed by atoms with Crippen LogP contribution in [0.4, 0.5) is 0 Å². The second-order valence-electron chi connectivity index (χ2n) is 12.4. The fraction of sp³-hybridized carbons (Fsp3) is 0.567. The van der Waals surface area contributed by atoms with E-state index in [2.05, 4.69) is 73.0 Å². The van der Waals surface area contributed by atoms with E-state index in [4.69, 9.17) is 4.98 Å². The van der Waals surface area contributed by atoms with E-state index in [0.717, 1.165) is 72.0 Å². The Morgan fingerprint density at radius 2 is 1.85 bits per heavy atom. The van der Waals surface area contributed by atoms with Crippen LogP contribution >= 0.6 is 0 Å². The number of rotatable bonds is 7. The molecule has 2 saturated carbocycles. The normalized spacial score (nSPS) is 21.4. The molecule has 2 aliphatic carbocycles. The third-order valence-corrected chi connectivity index (χ3v) is 11.7. The van der Waals surface area contributed by atoms with Gasteiger partial charge in [-0.1, -0.05) is 13.8 Å². The lowest BCUT2D eigenvalue weighted by atomic mass is 9.83. The Balaban J connectivity index is 1.26. The fourth-order valence-corrected chi connectivity index (χ4v) is 8.02. The number of fused-ring (bicyclic) bond motifs is 2. The Hall–Kier alpha value is -2.78. The lowest BCUT2D eigenvalue weighted by Gasteiger charge is -2.36. The van der Waals surface area contributed by atoms with E-state index in [0.29, 0.717) is 24.4 Å². The molecule has 1 N–H and O–H groups in total. The number of H-pyrrole nitrogens is 1. The maximum atomic E-state index is 12.3. The van der Waals surface area contributed by atoms with Crippen molar-refractivity contribution in [2.45, 2.75) is 88.8 Å². The molecule has 0 atom stereocenters. The van der Waals surface area contributed by atoms with Crippen LogP contribution in [0.1, 0.15) is 86.6 Å². The number of aromatic nitrogens is 5. The second-order valence-corrected chi connectivity index (χ2v) is 14.8. The van der Waals surface area contributed by atoms with Crippen molar-refractivity contribution in [3.05, 3.63) is 47.0 Å². The van der Waals surface area contributed by atoms with Gasteiger partial charge in [-0.05, 0) is 88.6 Å². The van der Waals surface area contributed by atoms with Crippen LogP contribution in [0.25, 0.3) is 27.9 Å². The Morgan fingerprint density at radius 1 is 1.13 bits per heavy atom. The van der Waals surface area contributed by atoms with E-state index in [1.807, 2.05) is 4.52 Å². The average molecular weight is 549 g/mol. The predicted octanol–water partition coefficient (Wildman–Crippen LogP) is 5.55. The molecule has 6 rings (SSSR count). The van der Waals surface area contributed by atoms with Crippen molar-refractivity contribution in [3.8, 4) is 11.3 Å². The quantitative estimate of drug-likeness (QED) is 0.325. The minimum Gasteiger partial charge on any atom is -0.353 e. The first-order valence-electron chi connectivity index (χ1n) is 14.2. The van der Waals surface area contributed by atoms with E-state index in [1.54, 1.807) is 6.33 Å². The molecule has 0 amide bonds. The summed E-state index contributed by atoms with van der Waals surface area (Å²) in [5, 5.41) is 4.41. The number of nitrogens with one attached hydrogen (secondary N) is 1. The van der Waals surface area contributed by atoms with Crippen LogP contribution in [0.15, 0.2) is 24.7 Å². The van der Waals surface area contributed by atoms with Crippen molar-refractivity contribution in [2.24, 2.45) is 0 Å². The molecular weight excluding hydrogens is 508 g/mol. The van der Waals surface area contributed by atoms with Crippen LogP contribution < -0.4 is 0 Å². The number of nitrogens with zero attached hydrogens (tertiary/aromatic N) is 5. The molecule has 0 saturated heterocycles. The minimum atomic E-state index is -3.00. The number of aromatic amines is 1. The van der Waals surface area contributed by atoms with Crippen LogP contribution in [0.3, 0.4) is 0 Å². The van der Waals surface area contributed by atoms with E-state index in [9.17, 15) is 8.42 Å². The average Bonchev–Trinajstić information content (AvgIpc) is 3.37. The smallest absolute Gasteiger partial charge is 0.158 e. The summed E-state index contributed by atoms with van der Waals surface area (Å²) >= 11 is 0. The lowest BCUT2D eigenvalue weighted by molar-refractivity contribution is 0.178. The Labute approximate surface area is 231 Å². The molecule has 0 aliphatic heterocycles. The van der Waals surface area contributed by atoms with E-state index < -0.39 is 14.6 Å². The third-order valence-electron chi connectivity index (χ3n) is 9.54. The first kappa shape index (κ1) is 26.4. The molecule has 9 heteroatoms. The highest BCUT2D eigenvalue weighted by atomic mass is 32.2. The van der Waals surface area contributed by atoms with Crippen LogP contribution in [0, 0.1) is 13.8 Å². The maximum absolute atomic E-state index is 12.3. The summed E-state index contributed by atoms with van der Waals surface area (Å²) in [5.41, 5.74) is 10.0. The van der Waals surface area contributed by atoms with Crippen LogP contribution in [0.2, 0.25) is 0 Å². The molecule has 8 nitrogen and oxygen atoms in total. The minimum absolute atomic E-state index is 0.302. The van der Waals surface area contributed by atoms with Gasteiger partial charge in [0.1, 0.15) is 6.33 Å². The standard InChI is InChI=1S/C30H40N6O2S/c1-18(2)26-27(23-15-36-29(31-17-32-36)20(4)19(23)3)34-25-12-11-24(33-28(25)26)21-7-9-22(10-8-21)35(5)16-30(13-14-30)39(6,37)38/h11-12,15,17-18,21-22,34H,7-10,13-14,16H2,1-6H3. The van der Waals surface area contributed by atoms with Crippen molar-refractivity contribution in [2.75, 3.05) is 19.8 Å². The zero-order valence-electron chi connectivity index (χ0n) is 24.0. The molecule has 208 valence electrons. The van der Waals surface area contributed by atoms with Crippen molar-refractivity contribution in [3.63, 3.8) is 0 Å². The molecule has 0 aromatic carbocycles. The van der Waals surface area contributed by atoms with Crippen LogP contribution in [-0.2, 0) is 9.84 Å². The Morgan fingerprint density at radius 3 is 2.49 bits per heavy atom. The molecule has 0 radical (unpaired) electrons. The van der Waals surface area contributed by atoms with Gasteiger partial charge in [-0.25, -0.2) is 17.9 Å².